The summed E-state index contributed by atoms with van der Waals surface area (Å²) in [5.41, 5.74) is 1.84. The fraction of sp³-hybridized carbons (Fsp3) is 0. The SMILES string of the molecule is O=Cc1ccccc1-c1cncc(F)c1. The van der Waals surface area contributed by atoms with Gasteiger partial charge in [-0.1, -0.05) is 24.3 Å². The number of nitrogens with zero attached hydrogens (tertiary/aromatic N) is 1. The van der Waals surface area contributed by atoms with E-state index >= 15 is 0 Å². The van der Waals surface area contributed by atoms with Gasteiger partial charge in [-0.25, -0.2) is 4.39 Å². The summed E-state index contributed by atoms with van der Waals surface area (Å²) in [4.78, 5) is 14.5. The first-order chi connectivity index (χ1) is 7.31. The lowest BCUT2D eigenvalue weighted by Gasteiger charge is -2.03. The maximum Gasteiger partial charge on any atom is 0.150 e. The average Bonchev–Trinajstić information content (AvgIpc) is 2.29. The van der Waals surface area contributed by atoms with Crippen LogP contribution in [-0.4, -0.2) is 11.3 Å². The molecule has 2 rings (SSSR count). The third-order valence-corrected chi connectivity index (χ3v) is 2.10. The predicted octanol–water partition coefficient (Wildman–Crippen LogP) is 2.70. The van der Waals surface area contributed by atoms with Crippen molar-refractivity contribution in [1.82, 2.24) is 4.98 Å². The largest absolute Gasteiger partial charge is 0.298 e. The van der Waals surface area contributed by atoms with Crippen LogP contribution in [0.3, 0.4) is 0 Å². The molecule has 2 aromatic rings. The van der Waals surface area contributed by atoms with Crippen LogP contribution in [0.4, 0.5) is 4.39 Å². The molecule has 0 aliphatic heterocycles. The summed E-state index contributed by atoms with van der Waals surface area (Å²) in [5, 5.41) is 0. The molecule has 0 spiro atoms. The number of carbonyl (C=O) groups excluding carboxylic acids is 1. The van der Waals surface area contributed by atoms with Crippen molar-refractivity contribution >= 4 is 6.29 Å². The van der Waals surface area contributed by atoms with Crippen molar-refractivity contribution in [3.8, 4) is 11.1 Å². The number of hydrogen-bond acceptors (Lipinski definition) is 2. The van der Waals surface area contributed by atoms with Crippen LogP contribution in [0.15, 0.2) is 42.7 Å². The molecule has 0 fully saturated rings. The fourth-order valence-electron chi connectivity index (χ4n) is 1.42. The maximum atomic E-state index is 12.9. The number of carbonyl (C=O) groups is 1. The molecule has 0 atom stereocenters. The lowest BCUT2D eigenvalue weighted by molar-refractivity contribution is 0.112. The Balaban J connectivity index is 2.58. The zero-order chi connectivity index (χ0) is 10.7. The zero-order valence-electron chi connectivity index (χ0n) is 7.85. The first-order valence-corrected chi connectivity index (χ1v) is 4.46. The highest BCUT2D eigenvalue weighted by molar-refractivity contribution is 5.87. The topological polar surface area (TPSA) is 30.0 Å². The molecule has 1 heterocycles. The normalized spacial score (nSPS) is 9.93. The van der Waals surface area contributed by atoms with E-state index in [2.05, 4.69) is 4.98 Å². The van der Waals surface area contributed by atoms with Gasteiger partial charge in [0.15, 0.2) is 6.29 Å². The Kier molecular flexibility index (Phi) is 2.54. The van der Waals surface area contributed by atoms with Crippen molar-refractivity contribution < 1.29 is 9.18 Å². The number of rotatable bonds is 2. The molecule has 1 aromatic heterocycles. The van der Waals surface area contributed by atoms with E-state index < -0.39 is 5.82 Å². The molecule has 0 unspecified atom stereocenters. The summed E-state index contributed by atoms with van der Waals surface area (Å²) in [6, 6.07) is 8.37. The van der Waals surface area contributed by atoms with Crippen molar-refractivity contribution in [3.63, 3.8) is 0 Å². The molecule has 1 aromatic carbocycles. The standard InChI is InChI=1S/C12H8FNO/c13-11-5-10(6-14-7-11)12-4-2-1-3-9(12)8-15/h1-8H. The summed E-state index contributed by atoms with van der Waals surface area (Å²) >= 11 is 0. The number of hydrogen-bond donors (Lipinski definition) is 0. The van der Waals surface area contributed by atoms with Crippen LogP contribution < -0.4 is 0 Å². The van der Waals surface area contributed by atoms with Crippen LogP contribution in [0.1, 0.15) is 10.4 Å². The minimum Gasteiger partial charge on any atom is -0.298 e. The fourth-order valence-corrected chi connectivity index (χ4v) is 1.42. The Morgan fingerprint density at radius 1 is 1.20 bits per heavy atom. The molecule has 0 amide bonds. The molecule has 0 aliphatic rings. The Labute approximate surface area is 86.4 Å². The number of halogens is 1. The van der Waals surface area contributed by atoms with Gasteiger partial charge in [-0.15, -0.1) is 0 Å². The van der Waals surface area contributed by atoms with Gasteiger partial charge in [-0.2, -0.15) is 0 Å². The highest BCUT2D eigenvalue weighted by Crippen LogP contribution is 2.21. The monoisotopic (exact) mass is 201 g/mol. The first kappa shape index (κ1) is 9.52. The molecule has 2 nitrogen and oxygen atoms in total. The summed E-state index contributed by atoms with van der Waals surface area (Å²) < 4.78 is 12.9. The molecule has 0 bridgehead atoms. The van der Waals surface area contributed by atoms with Gasteiger partial charge < -0.3 is 0 Å². The van der Waals surface area contributed by atoms with Crippen LogP contribution in [0.25, 0.3) is 11.1 Å². The van der Waals surface area contributed by atoms with Gasteiger partial charge in [0.25, 0.3) is 0 Å². The van der Waals surface area contributed by atoms with Crippen molar-refractivity contribution in [1.29, 1.82) is 0 Å². The second-order valence-electron chi connectivity index (χ2n) is 3.10. The van der Waals surface area contributed by atoms with Crippen LogP contribution in [0.2, 0.25) is 0 Å². The summed E-state index contributed by atoms with van der Waals surface area (Å²) in [6.45, 7) is 0. The van der Waals surface area contributed by atoms with E-state index in [1.54, 1.807) is 24.3 Å². The lowest BCUT2D eigenvalue weighted by atomic mass is 10.0. The summed E-state index contributed by atoms with van der Waals surface area (Å²) in [6.07, 6.45) is 3.42. The Morgan fingerprint density at radius 3 is 2.73 bits per heavy atom. The second-order valence-corrected chi connectivity index (χ2v) is 3.10. The second kappa shape index (κ2) is 4.00. The molecule has 0 saturated heterocycles. The van der Waals surface area contributed by atoms with Crippen molar-refractivity contribution in [2.75, 3.05) is 0 Å². The Hall–Kier alpha value is -2.03. The van der Waals surface area contributed by atoms with Crippen LogP contribution in [0, 0.1) is 5.82 Å². The average molecular weight is 201 g/mol. The van der Waals surface area contributed by atoms with E-state index in [-0.39, 0.29) is 0 Å². The Morgan fingerprint density at radius 2 is 2.00 bits per heavy atom. The van der Waals surface area contributed by atoms with E-state index in [9.17, 15) is 9.18 Å². The number of aldehydes is 1. The van der Waals surface area contributed by atoms with Gasteiger partial charge >= 0.3 is 0 Å². The highest BCUT2D eigenvalue weighted by atomic mass is 19.1. The lowest BCUT2D eigenvalue weighted by Crippen LogP contribution is -1.88. The van der Waals surface area contributed by atoms with Crippen molar-refractivity contribution in [3.05, 3.63) is 54.1 Å². The molecular formula is C12H8FNO. The molecule has 15 heavy (non-hydrogen) atoms. The molecular weight excluding hydrogens is 193 g/mol. The van der Waals surface area contributed by atoms with Crippen LogP contribution >= 0.6 is 0 Å². The van der Waals surface area contributed by atoms with E-state index in [1.165, 1.54) is 12.3 Å². The predicted molar refractivity (Wildman–Crippen MR) is 55.0 cm³/mol. The minimum absolute atomic E-state index is 0.409. The van der Waals surface area contributed by atoms with E-state index in [0.29, 0.717) is 16.7 Å². The van der Waals surface area contributed by atoms with Gasteiger partial charge in [0.05, 0.1) is 6.20 Å². The minimum atomic E-state index is -0.409. The highest BCUT2D eigenvalue weighted by Gasteiger charge is 2.04. The molecule has 0 aliphatic carbocycles. The van der Waals surface area contributed by atoms with Gasteiger partial charge in [0.2, 0.25) is 0 Å². The Bertz CT molecular complexity index is 496. The number of pyridine rings is 1. The quantitative estimate of drug-likeness (QED) is 0.699. The molecule has 3 heteroatoms. The van der Waals surface area contributed by atoms with Gasteiger partial charge in [0.1, 0.15) is 5.82 Å². The molecule has 0 N–H and O–H groups in total. The van der Waals surface area contributed by atoms with E-state index in [0.717, 1.165) is 12.5 Å². The van der Waals surface area contributed by atoms with Crippen molar-refractivity contribution in [2.45, 2.75) is 0 Å². The van der Waals surface area contributed by atoms with Crippen LogP contribution in [-0.2, 0) is 0 Å². The van der Waals surface area contributed by atoms with Gasteiger partial charge in [-0.3, -0.25) is 9.78 Å². The van der Waals surface area contributed by atoms with E-state index in [1.807, 2.05) is 0 Å². The maximum absolute atomic E-state index is 12.9. The number of aromatic nitrogens is 1. The number of benzene rings is 1. The van der Waals surface area contributed by atoms with Gasteiger partial charge in [0, 0.05) is 17.3 Å². The van der Waals surface area contributed by atoms with Crippen molar-refractivity contribution in [2.24, 2.45) is 0 Å². The molecule has 0 saturated carbocycles. The zero-order valence-corrected chi connectivity index (χ0v) is 7.85. The summed E-state index contributed by atoms with van der Waals surface area (Å²) in [5.74, 6) is -0.409. The van der Waals surface area contributed by atoms with Crippen LogP contribution in [0.5, 0.6) is 0 Å². The molecule has 74 valence electrons. The molecule has 0 radical (unpaired) electrons. The van der Waals surface area contributed by atoms with E-state index in [4.69, 9.17) is 0 Å². The summed E-state index contributed by atoms with van der Waals surface area (Å²) in [7, 11) is 0. The first-order valence-electron chi connectivity index (χ1n) is 4.46. The smallest absolute Gasteiger partial charge is 0.150 e. The van der Waals surface area contributed by atoms with Gasteiger partial charge in [-0.05, 0) is 11.6 Å². The third kappa shape index (κ3) is 1.91. The third-order valence-electron chi connectivity index (χ3n) is 2.10.